The van der Waals surface area contributed by atoms with Gasteiger partial charge in [0.2, 0.25) is 0 Å². The zero-order valence-corrected chi connectivity index (χ0v) is 21.0. The zero-order valence-electron chi connectivity index (χ0n) is 19.3. The van der Waals surface area contributed by atoms with Gasteiger partial charge in [0.1, 0.15) is 6.10 Å². The Hall–Kier alpha value is -1.05. The van der Waals surface area contributed by atoms with Crippen LogP contribution in [-0.2, 0) is 15.7 Å². The topological polar surface area (TPSA) is 40.2 Å². The summed E-state index contributed by atoms with van der Waals surface area (Å²) in [6, 6.07) is 4.37. The Morgan fingerprint density at radius 3 is 2.47 bits per heavy atom. The Morgan fingerprint density at radius 2 is 1.87 bits per heavy atom. The third-order valence-corrected chi connectivity index (χ3v) is 12.3. The summed E-state index contributed by atoms with van der Waals surface area (Å²) in [5.74, 6) is 1.71. The van der Waals surface area contributed by atoms with Gasteiger partial charge in [0.05, 0.1) is 25.7 Å². The maximum Gasteiger partial charge on any atom is 0.192 e. The summed E-state index contributed by atoms with van der Waals surface area (Å²) in [4.78, 5) is 6.42. The average Bonchev–Trinajstić information content (AvgIpc) is 3.00. The predicted octanol–water partition coefficient (Wildman–Crippen LogP) is 4.89. The van der Waals surface area contributed by atoms with Gasteiger partial charge in [-0.05, 0) is 41.8 Å². The summed E-state index contributed by atoms with van der Waals surface area (Å²) >= 11 is 6.98. The molecule has 30 heavy (non-hydrogen) atoms. The Morgan fingerprint density at radius 1 is 1.17 bits per heavy atom. The van der Waals surface area contributed by atoms with Gasteiger partial charge < -0.3 is 13.9 Å². The number of fused-ring (bicyclic) bond motifs is 2. The van der Waals surface area contributed by atoms with Gasteiger partial charge in [0.25, 0.3) is 0 Å². The number of likely N-dealkylation sites (N-methyl/N-ethyl adjacent to an activating group) is 1. The molecule has 0 saturated carbocycles. The summed E-state index contributed by atoms with van der Waals surface area (Å²) in [5.41, 5.74) is 3.55. The van der Waals surface area contributed by atoms with Crippen molar-refractivity contribution in [1.29, 1.82) is 0 Å². The maximum absolute atomic E-state index is 6.98. The summed E-state index contributed by atoms with van der Waals surface area (Å²) in [7, 11) is 3.39. The Labute approximate surface area is 186 Å². The van der Waals surface area contributed by atoms with Gasteiger partial charge in [-0.15, -0.1) is 11.6 Å². The minimum Gasteiger partial charge on any atom is -0.493 e. The Bertz CT molecular complexity index is 865. The first-order valence-electron chi connectivity index (χ1n) is 10.7. The molecule has 0 unspecified atom stereocenters. The van der Waals surface area contributed by atoms with Crippen LogP contribution in [0, 0.1) is 5.92 Å². The Kier molecular flexibility index (Phi) is 5.55. The van der Waals surface area contributed by atoms with Crippen LogP contribution in [0.15, 0.2) is 18.2 Å². The quantitative estimate of drug-likeness (QED) is 0.481. The molecule has 166 valence electrons. The van der Waals surface area contributed by atoms with Crippen LogP contribution in [0.25, 0.3) is 5.57 Å². The molecule has 0 bridgehead atoms. The highest BCUT2D eigenvalue weighted by molar-refractivity contribution is 6.74. The maximum atomic E-state index is 6.98. The second kappa shape index (κ2) is 7.52. The molecule has 4 rings (SSSR count). The van der Waals surface area contributed by atoms with Crippen molar-refractivity contribution in [3.63, 3.8) is 0 Å². The van der Waals surface area contributed by atoms with Gasteiger partial charge in [-0.1, -0.05) is 32.9 Å². The molecule has 1 fully saturated rings. The molecule has 1 aliphatic heterocycles. The molecule has 1 heterocycles. The van der Waals surface area contributed by atoms with Gasteiger partial charge >= 0.3 is 0 Å². The fourth-order valence-electron chi connectivity index (χ4n) is 4.82. The number of ether oxygens (including phenoxy) is 2. The smallest absolute Gasteiger partial charge is 0.192 e. The molecule has 0 spiro atoms. The van der Waals surface area contributed by atoms with E-state index in [1.54, 1.807) is 14.2 Å². The number of benzene rings is 1. The van der Waals surface area contributed by atoms with Gasteiger partial charge in [0, 0.05) is 24.6 Å². The molecule has 0 N–H and O–H groups in total. The number of halogens is 1. The third kappa shape index (κ3) is 3.32. The van der Waals surface area contributed by atoms with E-state index >= 15 is 0 Å². The number of methoxy groups -OCH3 is 2. The number of nitrogens with zero attached hydrogens (tertiary/aromatic N) is 1. The molecule has 1 aromatic carbocycles. The van der Waals surface area contributed by atoms with E-state index < -0.39 is 8.32 Å². The van der Waals surface area contributed by atoms with E-state index in [0.717, 1.165) is 23.5 Å². The van der Waals surface area contributed by atoms with E-state index in [1.807, 2.05) is 18.2 Å². The van der Waals surface area contributed by atoms with Crippen LogP contribution >= 0.6 is 11.6 Å². The van der Waals surface area contributed by atoms with E-state index in [4.69, 9.17) is 30.3 Å². The average molecular weight is 452 g/mol. The van der Waals surface area contributed by atoms with Crippen molar-refractivity contribution in [2.45, 2.75) is 69.0 Å². The summed E-state index contributed by atoms with van der Waals surface area (Å²) < 4.78 is 18.2. The highest BCUT2D eigenvalue weighted by Crippen LogP contribution is 2.54. The predicted molar refractivity (Wildman–Crippen MR) is 123 cm³/mol. The zero-order chi connectivity index (χ0) is 22.0. The molecular weight excluding hydrogens is 418 g/mol. The monoisotopic (exact) mass is 451 g/mol. The van der Waals surface area contributed by atoms with Gasteiger partial charge in [-0.25, -0.2) is 0 Å². The SMILES string of the molecule is COc1ccc2c(c1OC)C1=C[C@H](Cl)[C@@H](O[Si](C)(C)C(C)(C)C)[C@H]3ON(C)[C@H](C2)[C@@H]13. The van der Waals surface area contributed by atoms with Crippen LogP contribution < -0.4 is 9.47 Å². The van der Waals surface area contributed by atoms with E-state index in [2.05, 4.69) is 46.0 Å². The standard InChI is InChI=1S/C23H34ClNO4Si/c1-23(2,3)30(7,8)29-20-15(24)12-14-18-13(9-10-17(26-5)21(18)27-6)11-16-19(14)22(20)28-25(16)4/h9-10,12,15-16,19-20,22H,11H2,1-8H3/t15-,16+,19+,20+,22-/m0/s1. The van der Waals surface area contributed by atoms with Crippen molar-refractivity contribution < 1.29 is 18.7 Å². The van der Waals surface area contributed by atoms with Crippen molar-refractivity contribution in [3.05, 3.63) is 29.3 Å². The minimum absolute atomic E-state index is 0.104. The number of hydrogen-bond donors (Lipinski definition) is 0. The molecule has 2 aliphatic carbocycles. The molecule has 0 radical (unpaired) electrons. The molecule has 7 heteroatoms. The Balaban J connectivity index is 1.81. The third-order valence-electron chi connectivity index (χ3n) is 7.45. The molecule has 5 nitrogen and oxygen atoms in total. The first-order chi connectivity index (χ1) is 14.0. The summed E-state index contributed by atoms with van der Waals surface area (Å²) in [5, 5.41) is 1.84. The number of hydroxylamine groups is 2. The van der Waals surface area contributed by atoms with Crippen molar-refractivity contribution in [2.24, 2.45) is 5.92 Å². The van der Waals surface area contributed by atoms with Gasteiger partial charge in [0.15, 0.2) is 19.8 Å². The molecule has 1 saturated heterocycles. The second-order valence-electron chi connectivity index (χ2n) is 10.2. The lowest BCUT2D eigenvalue weighted by atomic mass is 9.69. The van der Waals surface area contributed by atoms with Crippen molar-refractivity contribution in [2.75, 3.05) is 21.3 Å². The normalized spacial score (nSPS) is 31.1. The van der Waals surface area contributed by atoms with Crippen LogP contribution in [-0.4, -0.2) is 58.3 Å². The highest BCUT2D eigenvalue weighted by atomic mass is 35.5. The summed E-state index contributed by atoms with van der Waals surface area (Å²) in [6.07, 6.45) is 2.79. The van der Waals surface area contributed by atoms with Crippen molar-refractivity contribution in [3.8, 4) is 11.5 Å². The van der Waals surface area contributed by atoms with Crippen LogP contribution in [0.2, 0.25) is 18.1 Å². The van der Waals surface area contributed by atoms with E-state index in [1.165, 1.54) is 11.1 Å². The number of rotatable bonds is 4. The summed E-state index contributed by atoms with van der Waals surface area (Å²) in [6.45, 7) is 11.3. The lowest BCUT2D eigenvalue weighted by molar-refractivity contribution is -0.166. The van der Waals surface area contributed by atoms with Crippen molar-refractivity contribution in [1.82, 2.24) is 5.06 Å². The molecule has 5 atom stereocenters. The molecule has 3 aliphatic rings. The first-order valence-corrected chi connectivity index (χ1v) is 14.0. The highest BCUT2D eigenvalue weighted by Gasteiger charge is 2.56. The van der Waals surface area contributed by atoms with Crippen LogP contribution in [0.4, 0.5) is 0 Å². The molecular formula is C23H34ClNO4Si. The first kappa shape index (κ1) is 22.2. The second-order valence-corrected chi connectivity index (χ2v) is 15.4. The number of alkyl halides is 1. The van der Waals surface area contributed by atoms with Crippen LogP contribution in [0.1, 0.15) is 31.9 Å². The van der Waals surface area contributed by atoms with Crippen molar-refractivity contribution >= 4 is 25.5 Å². The van der Waals surface area contributed by atoms with Crippen LogP contribution in [0.3, 0.4) is 0 Å². The fourth-order valence-corrected chi connectivity index (χ4v) is 6.55. The molecule has 1 aromatic rings. The van der Waals surface area contributed by atoms with Crippen LogP contribution in [0.5, 0.6) is 11.5 Å². The van der Waals surface area contributed by atoms with E-state index in [-0.39, 0.29) is 34.6 Å². The number of hydrogen-bond acceptors (Lipinski definition) is 5. The largest absolute Gasteiger partial charge is 0.493 e. The van der Waals surface area contributed by atoms with Gasteiger partial charge in [-0.3, -0.25) is 4.84 Å². The lowest BCUT2D eigenvalue weighted by Crippen LogP contribution is -2.53. The molecule has 0 amide bonds. The fraction of sp³-hybridized carbons (Fsp3) is 0.652. The molecule has 0 aromatic heterocycles. The van der Waals surface area contributed by atoms with E-state index in [0.29, 0.717) is 0 Å². The minimum atomic E-state index is -2.01. The van der Waals surface area contributed by atoms with E-state index in [9.17, 15) is 0 Å². The van der Waals surface area contributed by atoms with Gasteiger partial charge in [-0.2, -0.15) is 5.06 Å². The lowest BCUT2D eigenvalue weighted by Gasteiger charge is -2.45.